The molecule has 232 valence electrons. The van der Waals surface area contributed by atoms with E-state index in [9.17, 15) is 19.5 Å². The van der Waals surface area contributed by atoms with Crippen molar-refractivity contribution in [2.45, 2.75) is 63.6 Å². The van der Waals surface area contributed by atoms with Gasteiger partial charge in [-0.1, -0.05) is 84.9 Å². The van der Waals surface area contributed by atoms with Crippen LogP contribution < -0.4 is 15.4 Å². The molecule has 3 unspecified atom stereocenters. The van der Waals surface area contributed by atoms with Gasteiger partial charge in [-0.25, -0.2) is 0 Å². The highest BCUT2D eigenvalue weighted by atomic mass is 16.5. The third-order valence-electron chi connectivity index (χ3n) is 7.50. The number of allylic oxidation sites excluding steroid dienone is 2. The minimum absolute atomic E-state index is 0.0310. The molecular formula is C36H42N2O6. The lowest BCUT2D eigenvalue weighted by Crippen LogP contribution is -2.45. The van der Waals surface area contributed by atoms with E-state index in [2.05, 4.69) is 10.6 Å². The molecule has 1 aliphatic rings. The Morgan fingerprint density at radius 3 is 2.34 bits per heavy atom. The van der Waals surface area contributed by atoms with E-state index >= 15 is 0 Å². The van der Waals surface area contributed by atoms with Gasteiger partial charge in [-0.15, -0.1) is 0 Å². The monoisotopic (exact) mass is 598 g/mol. The van der Waals surface area contributed by atoms with Gasteiger partial charge in [0, 0.05) is 12.8 Å². The minimum Gasteiger partial charge on any atom is -0.489 e. The smallest absolute Gasteiger partial charge is 0.305 e. The number of esters is 1. The molecule has 3 aromatic rings. The van der Waals surface area contributed by atoms with Crippen LogP contribution in [-0.2, 0) is 38.6 Å². The van der Waals surface area contributed by atoms with Gasteiger partial charge in [0.2, 0.25) is 11.8 Å². The molecule has 2 amide bonds. The molecule has 0 radical (unpaired) electrons. The van der Waals surface area contributed by atoms with E-state index in [0.29, 0.717) is 45.1 Å². The van der Waals surface area contributed by atoms with Crippen LogP contribution in [0.1, 0.15) is 48.8 Å². The van der Waals surface area contributed by atoms with Gasteiger partial charge in [0.05, 0.1) is 24.6 Å². The number of carbonyl (C=O) groups excluding carboxylic acids is 3. The van der Waals surface area contributed by atoms with Crippen LogP contribution in [0.4, 0.5) is 0 Å². The van der Waals surface area contributed by atoms with Gasteiger partial charge < -0.3 is 25.2 Å². The molecule has 4 rings (SSSR count). The first-order valence-corrected chi connectivity index (χ1v) is 15.3. The number of rotatable bonds is 11. The van der Waals surface area contributed by atoms with Crippen molar-refractivity contribution in [1.29, 1.82) is 0 Å². The number of hydrogen-bond acceptors (Lipinski definition) is 6. The van der Waals surface area contributed by atoms with Gasteiger partial charge >= 0.3 is 5.97 Å². The molecule has 3 aromatic carbocycles. The van der Waals surface area contributed by atoms with Crippen molar-refractivity contribution in [2.75, 3.05) is 13.2 Å². The van der Waals surface area contributed by atoms with E-state index in [1.54, 1.807) is 0 Å². The second kappa shape index (κ2) is 17.6. The number of aliphatic hydroxyl groups excluding tert-OH is 1. The maximum atomic E-state index is 13.4. The normalized spacial score (nSPS) is 18.5. The van der Waals surface area contributed by atoms with Crippen LogP contribution in [0.2, 0.25) is 0 Å². The highest BCUT2D eigenvalue weighted by molar-refractivity contribution is 5.86. The molecule has 0 fully saturated rings. The molecular weight excluding hydrogens is 556 g/mol. The number of ether oxygens (including phenoxy) is 2. The van der Waals surface area contributed by atoms with Gasteiger partial charge in [-0.2, -0.15) is 0 Å². The summed E-state index contributed by atoms with van der Waals surface area (Å²) in [5, 5.41) is 15.9. The zero-order valence-corrected chi connectivity index (χ0v) is 25.0. The van der Waals surface area contributed by atoms with Gasteiger partial charge in [0.15, 0.2) is 0 Å². The fraction of sp³-hybridized carbons (Fsp3) is 0.361. The van der Waals surface area contributed by atoms with Crippen LogP contribution in [0.3, 0.4) is 0 Å². The van der Waals surface area contributed by atoms with Crippen molar-refractivity contribution in [3.63, 3.8) is 0 Å². The van der Waals surface area contributed by atoms with E-state index < -0.39 is 18.0 Å². The molecule has 0 aliphatic carbocycles. The summed E-state index contributed by atoms with van der Waals surface area (Å²) in [6.45, 7) is 0.297. The summed E-state index contributed by atoms with van der Waals surface area (Å²) in [5.41, 5.74) is 3.03. The predicted octanol–water partition coefficient (Wildman–Crippen LogP) is 4.69. The summed E-state index contributed by atoms with van der Waals surface area (Å²) >= 11 is 0. The van der Waals surface area contributed by atoms with Crippen LogP contribution in [0.5, 0.6) is 5.75 Å². The molecule has 8 heteroatoms. The number of carbonyl (C=O) groups is 3. The largest absolute Gasteiger partial charge is 0.489 e. The van der Waals surface area contributed by atoms with Crippen molar-refractivity contribution in [3.05, 3.63) is 114 Å². The van der Waals surface area contributed by atoms with Crippen LogP contribution >= 0.6 is 0 Å². The number of amides is 2. The standard InChI is InChI=1S/C36H42N2O6/c39-24-31(21-28-17-19-33(20-18-28)43-25-29-13-7-4-8-14-29)37-34(40)23-30-15-9-1-2-10-16-35(41)44-26-32(38-36(30)42)22-27-11-5-3-6-12-27/h1,3-9,11-14,17-20,30-32,39H,2,10,15-16,21-26H2,(H,37,40)(H,38,42). The predicted molar refractivity (Wildman–Crippen MR) is 169 cm³/mol. The maximum Gasteiger partial charge on any atom is 0.305 e. The molecule has 0 bridgehead atoms. The van der Waals surface area contributed by atoms with Crippen LogP contribution in [0, 0.1) is 5.92 Å². The Balaban J connectivity index is 1.34. The summed E-state index contributed by atoms with van der Waals surface area (Å²) in [5.74, 6) is -0.741. The maximum absolute atomic E-state index is 13.4. The molecule has 3 N–H and O–H groups in total. The SMILES string of the molecule is O=C(CC1CC=CCCCC(=O)OCC(Cc2ccccc2)NC1=O)NC(CO)Cc1ccc(OCc2ccccc2)cc1. The average Bonchev–Trinajstić information content (AvgIpc) is 3.05. The van der Waals surface area contributed by atoms with Gasteiger partial charge in [0.1, 0.15) is 19.0 Å². The molecule has 0 saturated heterocycles. The van der Waals surface area contributed by atoms with Crippen molar-refractivity contribution < 1.29 is 29.0 Å². The van der Waals surface area contributed by atoms with E-state index in [-0.39, 0.29) is 37.4 Å². The summed E-state index contributed by atoms with van der Waals surface area (Å²) in [7, 11) is 0. The molecule has 3 atom stereocenters. The molecule has 44 heavy (non-hydrogen) atoms. The number of benzene rings is 3. The van der Waals surface area contributed by atoms with Gasteiger partial charge in [-0.05, 0) is 60.9 Å². The second-order valence-electron chi connectivity index (χ2n) is 11.1. The van der Waals surface area contributed by atoms with Crippen LogP contribution in [-0.4, -0.2) is 48.2 Å². The summed E-state index contributed by atoms with van der Waals surface area (Å²) in [6, 6.07) is 26.3. The third kappa shape index (κ3) is 11.3. The zero-order chi connectivity index (χ0) is 31.0. The van der Waals surface area contributed by atoms with Crippen molar-refractivity contribution in [1.82, 2.24) is 10.6 Å². The first-order valence-electron chi connectivity index (χ1n) is 15.3. The third-order valence-corrected chi connectivity index (χ3v) is 7.50. The average molecular weight is 599 g/mol. The second-order valence-corrected chi connectivity index (χ2v) is 11.1. The highest BCUT2D eigenvalue weighted by Gasteiger charge is 2.25. The number of cyclic esters (lactones) is 1. The Morgan fingerprint density at radius 2 is 1.64 bits per heavy atom. The van der Waals surface area contributed by atoms with Crippen LogP contribution in [0.25, 0.3) is 0 Å². The van der Waals surface area contributed by atoms with Crippen molar-refractivity contribution >= 4 is 17.8 Å². The Morgan fingerprint density at radius 1 is 0.932 bits per heavy atom. The molecule has 0 saturated carbocycles. The fourth-order valence-electron chi connectivity index (χ4n) is 5.08. The minimum atomic E-state index is -0.610. The zero-order valence-electron chi connectivity index (χ0n) is 25.0. The lowest BCUT2D eigenvalue weighted by atomic mass is 9.97. The molecule has 1 heterocycles. The molecule has 8 nitrogen and oxygen atoms in total. The summed E-state index contributed by atoms with van der Waals surface area (Å²) in [6.07, 6.45) is 6.78. The summed E-state index contributed by atoms with van der Waals surface area (Å²) < 4.78 is 11.3. The number of hydrogen-bond donors (Lipinski definition) is 3. The number of nitrogens with one attached hydrogen (secondary N) is 2. The van der Waals surface area contributed by atoms with Crippen molar-refractivity contribution in [3.8, 4) is 5.75 Å². The fourth-order valence-corrected chi connectivity index (χ4v) is 5.08. The Labute approximate surface area is 259 Å². The van der Waals surface area contributed by atoms with Crippen molar-refractivity contribution in [2.24, 2.45) is 5.92 Å². The van der Waals surface area contributed by atoms with E-state index in [4.69, 9.17) is 9.47 Å². The topological polar surface area (TPSA) is 114 Å². The van der Waals surface area contributed by atoms with E-state index in [1.807, 2.05) is 97.1 Å². The Kier molecular flexibility index (Phi) is 13.0. The number of aliphatic hydroxyl groups is 1. The molecule has 0 spiro atoms. The quantitative estimate of drug-likeness (QED) is 0.218. The molecule has 1 aliphatic heterocycles. The highest BCUT2D eigenvalue weighted by Crippen LogP contribution is 2.17. The molecule has 0 aromatic heterocycles. The lowest BCUT2D eigenvalue weighted by molar-refractivity contribution is -0.145. The first-order chi connectivity index (χ1) is 21.5. The summed E-state index contributed by atoms with van der Waals surface area (Å²) in [4.78, 5) is 38.7. The van der Waals surface area contributed by atoms with Gasteiger partial charge in [-0.3, -0.25) is 14.4 Å². The van der Waals surface area contributed by atoms with E-state index in [0.717, 1.165) is 22.4 Å². The Hall–Kier alpha value is -4.43. The Bertz CT molecular complexity index is 1340. The lowest BCUT2D eigenvalue weighted by Gasteiger charge is -2.23. The van der Waals surface area contributed by atoms with Crippen LogP contribution in [0.15, 0.2) is 97.1 Å². The van der Waals surface area contributed by atoms with E-state index in [1.165, 1.54) is 0 Å². The first kappa shape index (κ1) is 32.5. The van der Waals surface area contributed by atoms with Gasteiger partial charge in [0.25, 0.3) is 0 Å².